The molecule has 3 aromatic rings. The first-order chi connectivity index (χ1) is 17.6. The molecule has 37 heavy (non-hydrogen) atoms. The Kier molecular flexibility index (Phi) is 7.42. The van der Waals surface area contributed by atoms with Crippen LogP contribution in [0, 0.1) is 0 Å². The second kappa shape index (κ2) is 10.5. The lowest BCUT2D eigenvalue weighted by Gasteiger charge is -2.24. The molecule has 11 heteroatoms. The van der Waals surface area contributed by atoms with Gasteiger partial charge in [0.2, 0.25) is 0 Å². The summed E-state index contributed by atoms with van der Waals surface area (Å²) in [4.78, 5) is 54.3. The van der Waals surface area contributed by atoms with Gasteiger partial charge >= 0.3 is 17.9 Å². The number of ether oxygens (including phenoxy) is 3. The van der Waals surface area contributed by atoms with Crippen molar-refractivity contribution in [1.29, 1.82) is 0 Å². The van der Waals surface area contributed by atoms with Crippen LogP contribution in [0.1, 0.15) is 37.9 Å². The third kappa shape index (κ3) is 5.40. The van der Waals surface area contributed by atoms with Crippen LogP contribution < -0.4 is 24.4 Å². The molecule has 2 aromatic carbocycles. The van der Waals surface area contributed by atoms with Crippen molar-refractivity contribution in [2.45, 2.75) is 26.8 Å². The second-order valence-corrected chi connectivity index (χ2v) is 9.46. The summed E-state index contributed by atoms with van der Waals surface area (Å²) < 4.78 is 17.1. The predicted octanol–water partition coefficient (Wildman–Crippen LogP) is 2.91. The Morgan fingerprint density at radius 2 is 1.73 bits per heavy atom. The van der Waals surface area contributed by atoms with Crippen LogP contribution in [0.2, 0.25) is 5.02 Å². The molecule has 0 radical (unpaired) electrons. The number of thiazole rings is 1. The lowest BCUT2D eigenvalue weighted by Crippen LogP contribution is -2.39. The lowest BCUT2D eigenvalue weighted by atomic mass is 9.96. The quantitative estimate of drug-likeness (QED) is 0.361. The van der Waals surface area contributed by atoms with Gasteiger partial charge in [0.15, 0.2) is 4.80 Å². The number of rotatable bonds is 5. The minimum absolute atomic E-state index is 0.109. The monoisotopic (exact) mass is 540 g/mol. The number of hydrogen-bond donors (Lipinski definition) is 0. The van der Waals surface area contributed by atoms with Gasteiger partial charge in [-0.2, -0.15) is 0 Å². The molecule has 0 N–H and O–H groups in total. The van der Waals surface area contributed by atoms with Gasteiger partial charge in [-0.05, 0) is 42.8 Å². The Balaban J connectivity index is 1.93. The maximum absolute atomic E-state index is 13.7. The van der Waals surface area contributed by atoms with Crippen molar-refractivity contribution in [3.8, 4) is 11.5 Å². The Morgan fingerprint density at radius 3 is 2.35 bits per heavy atom. The first-order valence-corrected chi connectivity index (χ1v) is 12.2. The van der Waals surface area contributed by atoms with E-state index < -0.39 is 29.5 Å². The highest BCUT2D eigenvalue weighted by atomic mass is 35.5. The normalized spacial score (nSPS) is 15.1. The highest BCUT2D eigenvalue weighted by molar-refractivity contribution is 7.07. The van der Waals surface area contributed by atoms with Crippen molar-refractivity contribution in [3.63, 3.8) is 0 Å². The number of carbonyl (C=O) groups is 3. The van der Waals surface area contributed by atoms with E-state index in [-0.39, 0.29) is 21.6 Å². The minimum Gasteiger partial charge on any atom is -0.466 e. The van der Waals surface area contributed by atoms with Crippen LogP contribution in [0.3, 0.4) is 0 Å². The molecule has 0 bridgehead atoms. The van der Waals surface area contributed by atoms with Crippen molar-refractivity contribution in [2.75, 3.05) is 7.11 Å². The molecule has 1 aromatic heterocycles. The van der Waals surface area contributed by atoms with E-state index in [4.69, 9.17) is 25.8 Å². The third-order valence-electron chi connectivity index (χ3n) is 5.40. The third-order valence-corrected chi connectivity index (χ3v) is 6.63. The number of nitrogens with zero attached hydrogens (tertiary/aromatic N) is 2. The largest absolute Gasteiger partial charge is 0.466 e. The molecule has 0 aliphatic carbocycles. The summed E-state index contributed by atoms with van der Waals surface area (Å²) in [6.07, 6.45) is 1.55. The molecule has 190 valence electrons. The van der Waals surface area contributed by atoms with Gasteiger partial charge in [-0.25, -0.2) is 9.79 Å². The highest BCUT2D eigenvalue weighted by Crippen LogP contribution is 2.31. The van der Waals surface area contributed by atoms with Crippen molar-refractivity contribution in [2.24, 2.45) is 4.99 Å². The average Bonchev–Trinajstić information content (AvgIpc) is 3.13. The Labute approximate surface area is 219 Å². The van der Waals surface area contributed by atoms with Crippen LogP contribution in [0.15, 0.2) is 63.5 Å². The summed E-state index contributed by atoms with van der Waals surface area (Å²) in [6, 6.07) is 10.5. The highest BCUT2D eigenvalue weighted by Gasteiger charge is 2.33. The van der Waals surface area contributed by atoms with Crippen molar-refractivity contribution < 1.29 is 28.6 Å². The fraction of sp³-hybridized carbons (Fsp3) is 0.192. The summed E-state index contributed by atoms with van der Waals surface area (Å²) in [7, 11) is 1.27. The average molecular weight is 541 g/mol. The van der Waals surface area contributed by atoms with E-state index >= 15 is 0 Å². The smallest absolute Gasteiger partial charge is 0.338 e. The van der Waals surface area contributed by atoms with E-state index in [1.54, 1.807) is 43.3 Å². The van der Waals surface area contributed by atoms with Gasteiger partial charge in [0.1, 0.15) is 11.5 Å². The summed E-state index contributed by atoms with van der Waals surface area (Å²) in [6.45, 7) is 4.17. The number of hydrogen-bond acceptors (Lipinski definition) is 9. The number of carbonyl (C=O) groups excluding carboxylic acids is 3. The van der Waals surface area contributed by atoms with Gasteiger partial charge in [0.25, 0.3) is 5.56 Å². The van der Waals surface area contributed by atoms with Gasteiger partial charge < -0.3 is 14.2 Å². The summed E-state index contributed by atoms with van der Waals surface area (Å²) in [5.41, 5.74) is 1.30. The van der Waals surface area contributed by atoms with Crippen LogP contribution in [0.25, 0.3) is 6.08 Å². The molecular weight excluding hydrogens is 520 g/mol. The van der Waals surface area contributed by atoms with E-state index in [1.165, 1.54) is 37.7 Å². The molecule has 2 heterocycles. The van der Waals surface area contributed by atoms with E-state index in [0.717, 1.165) is 11.3 Å². The summed E-state index contributed by atoms with van der Waals surface area (Å²) in [5.74, 6) is -1.43. The van der Waals surface area contributed by atoms with Crippen molar-refractivity contribution in [1.82, 2.24) is 4.57 Å². The van der Waals surface area contributed by atoms with E-state index in [2.05, 4.69) is 4.99 Å². The number of benzene rings is 2. The van der Waals surface area contributed by atoms with Crippen LogP contribution in [0.4, 0.5) is 0 Å². The number of methoxy groups -OCH3 is 1. The van der Waals surface area contributed by atoms with Crippen molar-refractivity contribution >= 4 is 46.9 Å². The molecule has 4 rings (SSSR count). The zero-order valence-electron chi connectivity index (χ0n) is 20.2. The number of halogens is 1. The summed E-state index contributed by atoms with van der Waals surface area (Å²) in [5, 5.41) is 0.506. The van der Waals surface area contributed by atoms with Gasteiger partial charge in [0, 0.05) is 30.5 Å². The molecule has 0 unspecified atom stereocenters. The van der Waals surface area contributed by atoms with Gasteiger partial charge in [-0.1, -0.05) is 35.1 Å². The molecule has 9 nitrogen and oxygen atoms in total. The Bertz CT molecular complexity index is 1630. The number of allylic oxidation sites excluding steroid dienone is 1. The number of aromatic nitrogens is 1. The number of esters is 3. The van der Waals surface area contributed by atoms with Crippen molar-refractivity contribution in [3.05, 3.63) is 89.6 Å². The van der Waals surface area contributed by atoms with Crippen LogP contribution in [-0.4, -0.2) is 29.6 Å². The second-order valence-electron chi connectivity index (χ2n) is 8.01. The van der Waals surface area contributed by atoms with Gasteiger partial charge in [0.05, 0.1) is 29.0 Å². The van der Waals surface area contributed by atoms with Gasteiger partial charge in [-0.15, -0.1) is 0 Å². The molecule has 1 aliphatic heterocycles. The molecule has 0 spiro atoms. The maximum Gasteiger partial charge on any atom is 0.338 e. The zero-order valence-corrected chi connectivity index (χ0v) is 21.8. The Hall–Kier alpha value is -4.02. The standard InChI is InChI=1S/C26H21ClN2O7S/c1-13-22(25(33)34-4)23(16-5-8-18(27)9-6-16)29-24(32)21(37-26(29)28-13)11-17-7-10-19(35-14(2)30)12-20(17)36-15(3)31/h5-12,23H,1-4H3/b21-11-/t23-/m0/s1. The predicted molar refractivity (Wildman–Crippen MR) is 136 cm³/mol. The molecule has 0 saturated heterocycles. The lowest BCUT2D eigenvalue weighted by molar-refractivity contribution is -0.137. The molecule has 0 saturated carbocycles. The zero-order chi connectivity index (χ0) is 26.9. The topological polar surface area (TPSA) is 113 Å². The van der Waals surface area contributed by atoms with Crippen LogP contribution in [0.5, 0.6) is 11.5 Å². The van der Waals surface area contributed by atoms with Crippen LogP contribution >= 0.6 is 22.9 Å². The Morgan fingerprint density at radius 1 is 1.05 bits per heavy atom. The molecule has 0 amide bonds. The molecule has 1 aliphatic rings. The van der Waals surface area contributed by atoms with E-state index in [1.807, 2.05) is 0 Å². The van der Waals surface area contributed by atoms with E-state index in [9.17, 15) is 19.2 Å². The fourth-order valence-electron chi connectivity index (χ4n) is 3.90. The molecule has 1 atom stereocenters. The molecule has 0 fully saturated rings. The van der Waals surface area contributed by atoms with Gasteiger partial charge in [-0.3, -0.25) is 19.0 Å². The SMILES string of the molecule is COC(=O)C1=C(C)N=c2s/c(=C\c3ccc(OC(C)=O)cc3OC(C)=O)c(=O)n2[C@H]1c1ccc(Cl)cc1. The maximum atomic E-state index is 13.7. The minimum atomic E-state index is -0.789. The van der Waals surface area contributed by atoms with Crippen LogP contribution in [-0.2, 0) is 19.1 Å². The summed E-state index contributed by atoms with van der Waals surface area (Å²) >= 11 is 7.18. The molecular formula is C26H21ClN2O7S. The number of fused-ring (bicyclic) bond motifs is 1. The fourth-order valence-corrected chi connectivity index (χ4v) is 5.06. The van der Waals surface area contributed by atoms with E-state index in [0.29, 0.717) is 26.6 Å². The first kappa shape index (κ1) is 26.1. The first-order valence-electron chi connectivity index (χ1n) is 11.0.